The fraction of sp³-hybridized carbons (Fsp3) is 0.375. The summed E-state index contributed by atoms with van der Waals surface area (Å²) in [4.78, 5) is 16.7. The molecular weight excluding hydrogens is 444 g/mol. The molecule has 2 aromatic carbocycles. The van der Waals surface area contributed by atoms with Crippen LogP contribution in [0.25, 0.3) is 5.69 Å². The van der Waals surface area contributed by atoms with E-state index in [-0.39, 0.29) is 23.3 Å². The number of thioether (sulfide) groups is 1. The molecule has 1 saturated heterocycles. The van der Waals surface area contributed by atoms with Crippen molar-refractivity contribution in [3.8, 4) is 5.69 Å². The van der Waals surface area contributed by atoms with Crippen LogP contribution in [0.1, 0.15) is 30.7 Å². The largest absolute Gasteiger partial charge is 0.341 e. The number of likely N-dealkylation sites (tertiary alicyclic amines) is 1. The maximum atomic E-state index is 13.5. The van der Waals surface area contributed by atoms with Crippen LogP contribution in [0, 0.1) is 11.6 Å². The Morgan fingerprint density at radius 1 is 0.970 bits per heavy atom. The SMILES string of the molecule is CN(Cc1ccc(F)cc1)C(=O)CSc1nnc(CN2CCCCC2)n1-c1ccc(F)cc1. The van der Waals surface area contributed by atoms with Crippen LogP contribution in [0.3, 0.4) is 0 Å². The number of amides is 1. The molecule has 1 aromatic heterocycles. The Bertz CT molecular complexity index is 1070. The van der Waals surface area contributed by atoms with Gasteiger partial charge in [-0.25, -0.2) is 8.78 Å². The summed E-state index contributed by atoms with van der Waals surface area (Å²) >= 11 is 1.30. The van der Waals surface area contributed by atoms with Gasteiger partial charge in [-0.15, -0.1) is 10.2 Å². The third kappa shape index (κ3) is 6.17. The summed E-state index contributed by atoms with van der Waals surface area (Å²) in [5.41, 5.74) is 1.62. The molecule has 9 heteroatoms. The summed E-state index contributed by atoms with van der Waals surface area (Å²) < 4.78 is 28.5. The third-order valence-corrected chi connectivity index (χ3v) is 6.60. The van der Waals surface area contributed by atoms with Crippen molar-refractivity contribution in [2.24, 2.45) is 0 Å². The molecule has 0 spiro atoms. The van der Waals surface area contributed by atoms with Crippen LogP contribution in [-0.4, -0.2) is 56.4 Å². The minimum Gasteiger partial charge on any atom is -0.341 e. The molecule has 1 aliphatic heterocycles. The van der Waals surface area contributed by atoms with Crippen molar-refractivity contribution in [1.82, 2.24) is 24.6 Å². The van der Waals surface area contributed by atoms with Gasteiger partial charge in [0.05, 0.1) is 12.3 Å². The van der Waals surface area contributed by atoms with Crippen molar-refractivity contribution in [2.75, 3.05) is 25.9 Å². The summed E-state index contributed by atoms with van der Waals surface area (Å²) in [5.74, 6) is 0.273. The first-order chi connectivity index (χ1) is 16.0. The molecule has 174 valence electrons. The average Bonchev–Trinajstić information content (AvgIpc) is 3.22. The van der Waals surface area contributed by atoms with Crippen molar-refractivity contribution in [3.63, 3.8) is 0 Å². The topological polar surface area (TPSA) is 54.3 Å². The first kappa shape index (κ1) is 23.4. The molecule has 0 unspecified atom stereocenters. The lowest BCUT2D eigenvalue weighted by atomic mass is 10.1. The molecule has 0 aliphatic carbocycles. The number of nitrogens with zero attached hydrogens (tertiary/aromatic N) is 5. The van der Waals surface area contributed by atoms with Gasteiger partial charge in [-0.1, -0.05) is 30.3 Å². The normalized spacial score (nSPS) is 14.4. The molecule has 1 aliphatic rings. The van der Waals surface area contributed by atoms with Crippen LogP contribution in [0.2, 0.25) is 0 Å². The smallest absolute Gasteiger partial charge is 0.233 e. The monoisotopic (exact) mass is 471 g/mol. The average molecular weight is 472 g/mol. The Morgan fingerprint density at radius 3 is 2.27 bits per heavy atom. The van der Waals surface area contributed by atoms with Gasteiger partial charge in [0, 0.05) is 19.3 Å². The van der Waals surface area contributed by atoms with E-state index in [1.54, 1.807) is 36.2 Å². The van der Waals surface area contributed by atoms with Crippen LogP contribution < -0.4 is 0 Å². The summed E-state index contributed by atoms with van der Waals surface area (Å²) in [6, 6.07) is 12.3. The summed E-state index contributed by atoms with van der Waals surface area (Å²) in [7, 11) is 1.72. The van der Waals surface area contributed by atoms with E-state index in [2.05, 4.69) is 15.1 Å². The minimum atomic E-state index is -0.309. The number of piperidine rings is 1. The molecule has 4 rings (SSSR count). The predicted molar refractivity (Wildman–Crippen MR) is 124 cm³/mol. The third-order valence-electron chi connectivity index (χ3n) is 5.68. The highest BCUT2D eigenvalue weighted by Crippen LogP contribution is 2.24. The summed E-state index contributed by atoms with van der Waals surface area (Å²) in [6.45, 7) is 3.09. The summed E-state index contributed by atoms with van der Waals surface area (Å²) in [5, 5.41) is 9.35. The van der Waals surface area contributed by atoms with Gasteiger partial charge in [0.2, 0.25) is 5.91 Å². The maximum Gasteiger partial charge on any atom is 0.233 e. The van der Waals surface area contributed by atoms with Crippen molar-refractivity contribution < 1.29 is 13.6 Å². The lowest BCUT2D eigenvalue weighted by Crippen LogP contribution is -2.30. The molecule has 0 radical (unpaired) electrons. The van der Waals surface area contributed by atoms with Gasteiger partial charge in [-0.3, -0.25) is 14.3 Å². The van der Waals surface area contributed by atoms with Crippen molar-refractivity contribution in [3.05, 3.63) is 71.6 Å². The first-order valence-electron chi connectivity index (χ1n) is 11.0. The fourth-order valence-electron chi connectivity index (χ4n) is 3.85. The van der Waals surface area contributed by atoms with Gasteiger partial charge in [-0.05, 0) is 67.9 Å². The second-order valence-electron chi connectivity index (χ2n) is 8.21. The Labute approximate surface area is 196 Å². The Morgan fingerprint density at radius 2 is 1.61 bits per heavy atom. The van der Waals surface area contributed by atoms with E-state index in [1.165, 1.54) is 55.3 Å². The van der Waals surface area contributed by atoms with Crippen LogP contribution in [0.4, 0.5) is 8.78 Å². The molecule has 0 bridgehead atoms. The highest BCUT2D eigenvalue weighted by molar-refractivity contribution is 7.99. The molecule has 6 nitrogen and oxygen atoms in total. The van der Waals surface area contributed by atoms with Crippen molar-refractivity contribution in [2.45, 2.75) is 37.5 Å². The van der Waals surface area contributed by atoms with E-state index in [9.17, 15) is 13.6 Å². The lowest BCUT2D eigenvalue weighted by molar-refractivity contribution is -0.127. The minimum absolute atomic E-state index is 0.0736. The van der Waals surface area contributed by atoms with Gasteiger partial charge in [0.1, 0.15) is 11.6 Å². The van der Waals surface area contributed by atoms with E-state index < -0.39 is 0 Å². The number of rotatable bonds is 8. The number of hydrogen-bond acceptors (Lipinski definition) is 5. The Balaban J connectivity index is 1.47. The fourth-order valence-corrected chi connectivity index (χ4v) is 4.76. The second kappa shape index (κ2) is 10.9. The van der Waals surface area contributed by atoms with E-state index >= 15 is 0 Å². The van der Waals surface area contributed by atoms with Crippen LogP contribution in [0.15, 0.2) is 53.7 Å². The van der Waals surface area contributed by atoms with Crippen LogP contribution in [-0.2, 0) is 17.9 Å². The van der Waals surface area contributed by atoms with Gasteiger partial charge in [-0.2, -0.15) is 0 Å². The van der Waals surface area contributed by atoms with Crippen molar-refractivity contribution >= 4 is 17.7 Å². The summed E-state index contributed by atoms with van der Waals surface area (Å²) in [6.07, 6.45) is 3.58. The van der Waals surface area contributed by atoms with E-state index in [1.807, 2.05) is 4.57 Å². The Hall–Kier alpha value is -2.78. The first-order valence-corrected chi connectivity index (χ1v) is 12.0. The van der Waals surface area contributed by atoms with Gasteiger partial charge in [0.25, 0.3) is 0 Å². The zero-order valence-electron chi connectivity index (χ0n) is 18.6. The van der Waals surface area contributed by atoms with Crippen LogP contribution in [0.5, 0.6) is 0 Å². The molecule has 1 fully saturated rings. The molecule has 33 heavy (non-hydrogen) atoms. The van der Waals surface area contributed by atoms with Crippen LogP contribution >= 0.6 is 11.8 Å². The van der Waals surface area contributed by atoms with E-state index in [4.69, 9.17) is 0 Å². The number of halogens is 2. The molecular formula is C24H27F2N5OS. The van der Waals surface area contributed by atoms with E-state index in [0.29, 0.717) is 18.2 Å². The number of carbonyl (C=O) groups excluding carboxylic acids is 1. The van der Waals surface area contributed by atoms with E-state index in [0.717, 1.165) is 30.2 Å². The number of carbonyl (C=O) groups is 1. The zero-order valence-corrected chi connectivity index (χ0v) is 19.4. The maximum absolute atomic E-state index is 13.5. The molecule has 1 amide bonds. The molecule has 3 aromatic rings. The highest BCUT2D eigenvalue weighted by atomic mass is 32.2. The zero-order chi connectivity index (χ0) is 23.2. The second-order valence-corrected chi connectivity index (χ2v) is 9.15. The number of benzene rings is 2. The lowest BCUT2D eigenvalue weighted by Gasteiger charge is -2.26. The Kier molecular flexibility index (Phi) is 7.72. The molecule has 0 atom stereocenters. The van der Waals surface area contributed by atoms with Gasteiger partial charge >= 0.3 is 0 Å². The standard InChI is InChI=1S/C24H27F2N5OS/c1-29(15-18-5-7-19(25)8-6-18)23(32)17-33-24-28-27-22(16-30-13-3-2-4-14-30)31(24)21-11-9-20(26)10-12-21/h5-12H,2-4,13-17H2,1H3. The highest BCUT2D eigenvalue weighted by Gasteiger charge is 2.20. The number of hydrogen-bond donors (Lipinski definition) is 0. The van der Waals surface area contributed by atoms with Crippen molar-refractivity contribution in [1.29, 1.82) is 0 Å². The predicted octanol–water partition coefficient (Wildman–Crippen LogP) is 4.28. The molecule has 0 saturated carbocycles. The number of aromatic nitrogens is 3. The quantitative estimate of drug-likeness (QED) is 0.459. The molecule has 0 N–H and O–H groups in total. The van der Waals surface area contributed by atoms with Gasteiger partial charge in [0.15, 0.2) is 11.0 Å². The van der Waals surface area contributed by atoms with Gasteiger partial charge < -0.3 is 4.90 Å². The molecule has 2 heterocycles.